The highest BCUT2D eigenvalue weighted by molar-refractivity contribution is 5.37. The number of aryl methyl sites for hydroxylation is 1. The SMILES string of the molecule is COc1ccc(C2CCC(C)CC2)cc1C. The maximum Gasteiger partial charge on any atom is 0.121 e. The maximum atomic E-state index is 5.30. The molecule has 1 aromatic carbocycles. The lowest BCUT2D eigenvalue weighted by Crippen LogP contribution is -2.10. The highest BCUT2D eigenvalue weighted by Crippen LogP contribution is 2.36. The van der Waals surface area contributed by atoms with Crippen molar-refractivity contribution in [2.75, 3.05) is 7.11 Å². The third-order valence-corrected chi connectivity index (χ3v) is 3.91. The van der Waals surface area contributed by atoms with Crippen molar-refractivity contribution >= 4 is 0 Å². The summed E-state index contributed by atoms with van der Waals surface area (Å²) in [6.07, 6.45) is 5.48. The molecule has 0 spiro atoms. The molecular formula is C15H22O. The maximum absolute atomic E-state index is 5.30. The molecule has 1 aliphatic rings. The fourth-order valence-electron chi connectivity index (χ4n) is 2.75. The van der Waals surface area contributed by atoms with E-state index >= 15 is 0 Å². The molecule has 1 aliphatic carbocycles. The molecule has 1 fully saturated rings. The molecule has 0 saturated heterocycles. The van der Waals surface area contributed by atoms with Crippen LogP contribution in [0.5, 0.6) is 5.75 Å². The van der Waals surface area contributed by atoms with E-state index in [1.807, 2.05) is 0 Å². The molecule has 0 aliphatic heterocycles. The Balaban J connectivity index is 2.12. The summed E-state index contributed by atoms with van der Waals surface area (Å²) in [6, 6.07) is 6.66. The minimum Gasteiger partial charge on any atom is -0.496 e. The van der Waals surface area contributed by atoms with Crippen molar-refractivity contribution in [1.82, 2.24) is 0 Å². The number of methoxy groups -OCH3 is 1. The monoisotopic (exact) mass is 218 g/mol. The number of hydrogen-bond acceptors (Lipinski definition) is 1. The van der Waals surface area contributed by atoms with Gasteiger partial charge >= 0.3 is 0 Å². The van der Waals surface area contributed by atoms with E-state index in [4.69, 9.17) is 4.74 Å². The van der Waals surface area contributed by atoms with Gasteiger partial charge in [0.25, 0.3) is 0 Å². The van der Waals surface area contributed by atoms with Crippen LogP contribution in [0.3, 0.4) is 0 Å². The predicted molar refractivity (Wildman–Crippen MR) is 68.1 cm³/mol. The van der Waals surface area contributed by atoms with E-state index < -0.39 is 0 Å². The Bertz CT molecular complexity index is 348. The second kappa shape index (κ2) is 4.90. The van der Waals surface area contributed by atoms with Crippen LogP contribution in [0.25, 0.3) is 0 Å². The summed E-state index contributed by atoms with van der Waals surface area (Å²) in [5.74, 6) is 2.71. The van der Waals surface area contributed by atoms with Gasteiger partial charge in [0.1, 0.15) is 5.75 Å². The standard InChI is InChI=1S/C15H22O/c1-11-4-6-13(7-5-11)14-8-9-15(16-3)12(2)10-14/h8-11,13H,4-7H2,1-3H3. The van der Waals surface area contributed by atoms with Crippen LogP contribution in [0.2, 0.25) is 0 Å². The van der Waals surface area contributed by atoms with Crippen LogP contribution in [0.1, 0.15) is 49.7 Å². The molecule has 0 N–H and O–H groups in total. The molecule has 1 heteroatoms. The molecule has 88 valence electrons. The summed E-state index contributed by atoms with van der Waals surface area (Å²) in [7, 11) is 1.74. The minimum atomic E-state index is 0.779. The minimum absolute atomic E-state index is 0.779. The third kappa shape index (κ3) is 2.40. The number of hydrogen-bond donors (Lipinski definition) is 0. The molecule has 0 radical (unpaired) electrons. The van der Waals surface area contributed by atoms with E-state index in [1.54, 1.807) is 7.11 Å². The van der Waals surface area contributed by atoms with Crippen LogP contribution >= 0.6 is 0 Å². The summed E-state index contributed by atoms with van der Waals surface area (Å²) in [5, 5.41) is 0. The lowest BCUT2D eigenvalue weighted by atomic mass is 9.79. The fraction of sp³-hybridized carbons (Fsp3) is 0.600. The first-order chi connectivity index (χ1) is 7.70. The van der Waals surface area contributed by atoms with Gasteiger partial charge in [-0.3, -0.25) is 0 Å². The molecule has 0 atom stereocenters. The second-order valence-electron chi connectivity index (χ2n) is 5.19. The van der Waals surface area contributed by atoms with Gasteiger partial charge in [0, 0.05) is 0 Å². The lowest BCUT2D eigenvalue weighted by Gasteiger charge is -2.26. The van der Waals surface area contributed by atoms with E-state index in [2.05, 4.69) is 32.0 Å². The Morgan fingerprint density at radius 1 is 1.12 bits per heavy atom. The van der Waals surface area contributed by atoms with Crippen LogP contribution in [0.15, 0.2) is 18.2 Å². The highest BCUT2D eigenvalue weighted by Gasteiger charge is 2.19. The summed E-state index contributed by atoms with van der Waals surface area (Å²) in [4.78, 5) is 0. The summed E-state index contributed by atoms with van der Waals surface area (Å²) < 4.78 is 5.30. The van der Waals surface area contributed by atoms with Crippen LogP contribution in [-0.2, 0) is 0 Å². The van der Waals surface area contributed by atoms with Crippen molar-refractivity contribution in [3.05, 3.63) is 29.3 Å². The zero-order valence-electron chi connectivity index (χ0n) is 10.6. The van der Waals surface area contributed by atoms with Crippen molar-refractivity contribution in [1.29, 1.82) is 0 Å². The molecule has 0 unspecified atom stereocenters. The van der Waals surface area contributed by atoms with Crippen molar-refractivity contribution in [2.24, 2.45) is 5.92 Å². The zero-order valence-corrected chi connectivity index (χ0v) is 10.6. The van der Waals surface area contributed by atoms with Crippen LogP contribution in [-0.4, -0.2) is 7.11 Å². The van der Waals surface area contributed by atoms with Gasteiger partial charge in [-0.15, -0.1) is 0 Å². The average Bonchev–Trinajstić information content (AvgIpc) is 2.30. The largest absolute Gasteiger partial charge is 0.496 e. The van der Waals surface area contributed by atoms with Crippen molar-refractivity contribution in [3.8, 4) is 5.75 Å². The Labute approximate surface area is 98.8 Å². The molecule has 16 heavy (non-hydrogen) atoms. The zero-order chi connectivity index (χ0) is 11.5. The van der Waals surface area contributed by atoms with Gasteiger partial charge in [-0.05, 0) is 48.8 Å². The lowest BCUT2D eigenvalue weighted by molar-refractivity contribution is 0.347. The van der Waals surface area contributed by atoms with Crippen molar-refractivity contribution in [3.63, 3.8) is 0 Å². The third-order valence-electron chi connectivity index (χ3n) is 3.91. The van der Waals surface area contributed by atoms with Gasteiger partial charge in [0.2, 0.25) is 0 Å². The Kier molecular flexibility index (Phi) is 3.52. The Morgan fingerprint density at radius 2 is 1.81 bits per heavy atom. The average molecular weight is 218 g/mol. The number of rotatable bonds is 2. The molecule has 0 amide bonds. The fourth-order valence-corrected chi connectivity index (χ4v) is 2.75. The topological polar surface area (TPSA) is 9.23 Å². The van der Waals surface area contributed by atoms with Crippen LogP contribution in [0.4, 0.5) is 0 Å². The smallest absolute Gasteiger partial charge is 0.121 e. The predicted octanol–water partition coefficient (Wildman–Crippen LogP) is 4.30. The van der Waals surface area contributed by atoms with E-state index in [0.29, 0.717) is 0 Å². The first-order valence-electron chi connectivity index (χ1n) is 6.35. The second-order valence-corrected chi connectivity index (χ2v) is 5.19. The highest BCUT2D eigenvalue weighted by atomic mass is 16.5. The van der Waals surface area contributed by atoms with Crippen molar-refractivity contribution < 1.29 is 4.74 Å². The van der Waals surface area contributed by atoms with Gasteiger partial charge in [-0.1, -0.05) is 31.9 Å². The summed E-state index contributed by atoms with van der Waals surface area (Å²) >= 11 is 0. The molecular weight excluding hydrogens is 196 g/mol. The van der Waals surface area contributed by atoms with E-state index in [0.717, 1.165) is 17.6 Å². The molecule has 1 aromatic rings. The molecule has 2 rings (SSSR count). The van der Waals surface area contributed by atoms with Gasteiger partial charge in [0.05, 0.1) is 7.11 Å². The molecule has 1 saturated carbocycles. The Morgan fingerprint density at radius 3 is 2.38 bits per heavy atom. The normalized spacial score (nSPS) is 25.4. The first-order valence-corrected chi connectivity index (χ1v) is 6.35. The molecule has 0 bridgehead atoms. The molecule has 1 nitrogen and oxygen atoms in total. The van der Waals surface area contributed by atoms with Crippen molar-refractivity contribution in [2.45, 2.75) is 45.4 Å². The number of benzene rings is 1. The van der Waals surface area contributed by atoms with Crippen LogP contribution < -0.4 is 4.74 Å². The van der Waals surface area contributed by atoms with E-state index in [1.165, 1.54) is 36.8 Å². The van der Waals surface area contributed by atoms with E-state index in [9.17, 15) is 0 Å². The van der Waals surface area contributed by atoms with E-state index in [-0.39, 0.29) is 0 Å². The van der Waals surface area contributed by atoms with Gasteiger partial charge in [-0.25, -0.2) is 0 Å². The quantitative estimate of drug-likeness (QED) is 0.719. The van der Waals surface area contributed by atoms with Gasteiger partial charge in [0.15, 0.2) is 0 Å². The Hall–Kier alpha value is -0.980. The molecule has 0 aromatic heterocycles. The summed E-state index contributed by atoms with van der Waals surface area (Å²) in [6.45, 7) is 4.50. The van der Waals surface area contributed by atoms with Gasteiger partial charge in [-0.2, -0.15) is 0 Å². The van der Waals surface area contributed by atoms with Gasteiger partial charge < -0.3 is 4.74 Å². The first kappa shape index (κ1) is 11.5. The van der Waals surface area contributed by atoms with Crippen LogP contribution in [0, 0.1) is 12.8 Å². The molecule has 0 heterocycles. The summed E-state index contributed by atoms with van der Waals surface area (Å²) in [5.41, 5.74) is 2.77. The number of ether oxygens (including phenoxy) is 1.